The van der Waals surface area contributed by atoms with Crippen LogP contribution in [0.4, 0.5) is 4.39 Å². The summed E-state index contributed by atoms with van der Waals surface area (Å²) < 4.78 is 19.5. The van der Waals surface area contributed by atoms with Crippen molar-refractivity contribution >= 4 is 41.4 Å². The van der Waals surface area contributed by atoms with Gasteiger partial charge >= 0.3 is 5.97 Å². The van der Waals surface area contributed by atoms with Crippen molar-refractivity contribution in [3.63, 3.8) is 0 Å². The SMILES string of the molecule is CCC(C)C1NC(=O)CN(C)C(=O)[C@@H](Cc2ccc(F)cc2)N(C)C(=O)[C@H](C)NC(=O)[C@@H](CC(C)C)OC(=O)/C(C)=C/C[C@H](N)[C@H](C)[C@@H]([C@@H](C)CC)NC(=O)[C@@H](C)NC1=O. The monoisotopic (exact) mass is 844 g/mol. The van der Waals surface area contributed by atoms with Crippen molar-refractivity contribution in [2.45, 2.75) is 144 Å². The molecule has 2 rings (SSSR count). The van der Waals surface area contributed by atoms with Crippen molar-refractivity contribution < 1.29 is 42.7 Å². The summed E-state index contributed by atoms with van der Waals surface area (Å²) in [6.07, 6.45) is 1.95. The van der Waals surface area contributed by atoms with E-state index in [1.165, 1.54) is 45.3 Å². The van der Waals surface area contributed by atoms with Crippen LogP contribution in [0.15, 0.2) is 35.9 Å². The standard InChI is InChI=1S/C44H70FN7O8/c1-13-25(5)37-28(8)33(46)20-15-27(7)44(59)60-35(21-24(3)4)40(55)48-30(10)42(57)52(12)34(22-31-16-18-32(45)19-17-31)43(58)51(11)23-36(53)49-38(26(6)14-2)41(56)47-29(9)39(54)50-37/h15-19,24-26,28-30,33-35,37-38H,13-14,20-23,46H2,1-12H3,(H,47,56)(H,48,55)(H,49,53)(H,50,54)/b27-15+/t25-,26?,28-,29+,30-,33-,34+,35+,37+,38?/m0/s1. The van der Waals surface area contributed by atoms with Gasteiger partial charge in [-0.05, 0) is 75.0 Å². The number of nitrogens with zero attached hydrogens (tertiary/aromatic N) is 2. The molecule has 1 aromatic rings. The summed E-state index contributed by atoms with van der Waals surface area (Å²) in [5.74, 6) is -5.63. The van der Waals surface area contributed by atoms with Crippen LogP contribution in [0.5, 0.6) is 0 Å². The van der Waals surface area contributed by atoms with E-state index in [9.17, 15) is 38.0 Å². The van der Waals surface area contributed by atoms with E-state index in [1.54, 1.807) is 26.8 Å². The van der Waals surface area contributed by atoms with Gasteiger partial charge in [0, 0.05) is 38.2 Å². The van der Waals surface area contributed by atoms with Crippen LogP contribution in [0.1, 0.15) is 100 Å². The van der Waals surface area contributed by atoms with Gasteiger partial charge in [-0.3, -0.25) is 28.8 Å². The third-order valence-electron chi connectivity index (χ3n) is 11.5. The van der Waals surface area contributed by atoms with E-state index in [0.29, 0.717) is 12.0 Å². The zero-order chi connectivity index (χ0) is 45.6. The van der Waals surface area contributed by atoms with Gasteiger partial charge in [-0.25, -0.2) is 9.18 Å². The summed E-state index contributed by atoms with van der Waals surface area (Å²) in [6, 6.07) is 0.0620. The van der Waals surface area contributed by atoms with E-state index in [0.717, 1.165) is 16.2 Å². The summed E-state index contributed by atoms with van der Waals surface area (Å²) in [6.45, 7) is 17.3. The Labute approximate surface area is 355 Å². The number of nitrogens with one attached hydrogen (secondary N) is 4. The van der Waals surface area contributed by atoms with Crippen LogP contribution >= 0.6 is 0 Å². The second-order valence-corrected chi connectivity index (χ2v) is 17.0. The summed E-state index contributed by atoms with van der Waals surface area (Å²) in [5.41, 5.74) is 7.40. The number of likely N-dealkylation sites (N-methyl/N-ethyl adjacent to an activating group) is 2. The lowest BCUT2D eigenvalue weighted by Crippen LogP contribution is -2.59. The van der Waals surface area contributed by atoms with E-state index in [4.69, 9.17) is 10.5 Å². The highest BCUT2D eigenvalue weighted by Gasteiger charge is 2.36. The maximum Gasteiger partial charge on any atom is 0.334 e. The number of halogens is 1. The lowest BCUT2D eigenvalue weighted by Gasteiger charge is -2.34. The highest BCUT2D eigenvalue weighted by atomic mass is 19.1. The third kappa shape index (κ3) is 15.0. The van der Waals surface area contributed by atoms with E-state index in [-0.39, 0.29) is 48.5 Å². The predicted molar refractivity (Wildman–Crippen MR) is 227 cm³/mol. The molecule has 336 valence electrons. The molecular formula is C44H70FN7O8. The Kier molecular flexibility index (Phi) is 20.3. The second-order valence-electron chi connectivity index (χ2n) is 17.0. The predicted octanol–water partition coefficient (Wildman–Crippen LogP) is 3.00. The first kappa shape index (κ1) is 51.3. The number of benzene rings is 1. The average Bonchev–Trinajstić information content (AvgIpc) is 3.20. The number of hydrogen-bond donors (Lipinski definition) is 5. The van der Waals surface area contributed by atoms with Gasteiger partial charge in [-0.15, -0.1) is 0 Å². The Morgan fingerprint density at radius 3 is 1.95 bits per heavy atom. The number of ether oxygens (including phenoxy) is 1. The molecular weight excluding hydrogens is 774 g/mol. The quantitative estimate of drug-likeness (QED) is 0.244. The molecule has 15 nitrogen and oxygen atoms in total. The van der Waals surface area contributed by atoms with Crippen molar-refractivity contribution in [1.82, 2.24) is 31.1 Å². The summed E-state index contributed by atoms with van der Waals surface area (Å²) in [4.78, 5) is 98.2. The molecule has 6 N–H and O–H groups in total. The molecule has 60 heavy (non-hydrogen) atoms. The van der Waals surface area contributed by atoms with E-state index in [1.807, 2.05) is 41.5 Å². The fourth-order valence-corrected chi connectivity index (χ4v) is 6.97. The van der Waals surface area contributed by atoms with Crippen molar-refractivity contribution in [1.29, 1.82) is 0 Å². The van der Waals surface area contributed by atoms with Gasteiger partial charge in [0.2, 0.25) is 29.5 Å². The number of carbonyl (C=O) groups excluding carboxylic acids is 7. The Morgan fingerprint density at radius 2 is 1.38 bits per heavy atom. The number of hydrogen-bond acceptors (Lipinski definition) is 9. The molecule has 0 fully saturated rings. The van der Waals surface area contributed by atoms with Gasteiger partial charge in [0.1, 0.15) is 30.0 Å². The lowest BCUT2D eigenvalue weighted by atomic mass is 9.83. The maximum atomic E-state index is 14.1. The van der Waals surface area contributed by atoms with Crippen molar-refractivity contribution in [3.05, 3.63) is 47.3 Å². The maximum absolute atomic E-state index is 14.1. The summed E-state index contributed by atoms with van der Waals surface area (Å²) in [5, 5.41) is 11.2. The van der Waals surface area contributed by atoms with Crippen LogP contribution in [0.3, 0.4) is 0 Å². The van der Waals surface area contributed by atoms with E-state index < -0.39 is 96.1 Å². The zero-order valence-corrected chi connectivity index (χ0v) is 37.6. The molecule has 0 aromatic heterocycles. The molecule has 16 heteroatoms. The molecule has 0 aliphatic carbocycles. The molecule has 6 amide bonds. The number of carbonyl (C=O) groups is 7. The molecule has 0 spiro atoms. The molecule has 0 bridgehead atoms. The molecule has 1 aliphatic heterocycles. The smallest absolute Gasteiger partial charge is 0.334 e. The van der Waals surface area contributed by atoms with Crippen LogP contribution in [0, 0.1) is 29.5 Å². The number of nitrogens with two attached hydrogens (primary N) is 1. The molecule has 0 saturated heterocycles. The van der Waals surface area contributed by atoms with E-state index in [2.05, 4.69) is 21.3 Å². The summed E-state index contributed by atoms with van der Waals surface area (Å²) in [7, 11) is 2.77. The number of cyclic esters (lactones) is 1. The first-order valence-electron chi connectivity index (χ1n) is 21.1. The van der Waals surface area contributed by atoms with Crippen LogP contribution in [-0.4, -0.2) is 114 Å². The fraction of sp³-hybridized carbons (Fsp3) is 0.659. The number of rotatable bonds is 8. The fourth-order valence-electron chi connectivity index (χ4n) is 6.97. The average molecular weight is 844 g/mol. The van der Waals surface area contributed by atoms with Crippen LogP contribution in [0.25, 0.3) is 0 Å². The second kappa shape index (κ2) is 23.8. The van der Waals surface area contributed by atoms with Crippen LogP contribution in [-0.2, 0) is 44.7 Å². The zero-order valence-electron chi connectivity index (χ0n) is 37.6. The van der Waals surface area contributed by atoms with Gasteiger partial charge in [0.25, 0.3) is 5.91 Å². The first-order chi connectivity index (χ1) is 28.0. The Bertz CT molecular complexity index is 1690. The number of esters is 1. The minimum atomic E-state index is -1.25. The topological polar surface area (TPSA) is 209 Å². The largest absolute Gasteiger partial charge is 0.449 e. The van der Waals surface area contributed by atoms with Gasteiger partial charge in [-0.2, -0.15) is 0 Å². The third-order valence-corrected chi connectivity index (χ3v) is 11.5. The normalized spacial score (nSPS) is 28.8. The first-order valence-corrected chi connectivity index (χ1v) is 21.1. The lowest BCUT2D eigenvalue weighted by molar-refractivity contribution is -0.154. The van der Waals surface area contributed by atoms with Gasteiger partial charge in [-0.1, -0.05) is 79.5 Å². The van der Waals surface area contributed by atoms with Crippen molar-refractivity contribution in [3.8, 4) is 0 Å². The summed E-state index contributed by atoms with van der Waals surface area (Å²) >= 11 is 0. The number of amides is 6. The molecule has 0 saturated carbocycles. The van der Waals surface area contributed by atoms with Crippen LogP contribution < -0.4 is 27.0 Å². The Balaban J connectivity index is 2.62. The molecule has 2 unspecified atom stereocenters. The molecule has 1 aliphatic rings. The molecule has 1 aromatic carbocycles. The van der Waals surface area contributed by atoms with Gasteiger partial charge < -0.3 is 41.5 Å². The van der Waals surface area contributed by atoms with Crippen molar-refractivity contribution in [2.75, 3.05) is 20.6 Å². The molecule has 0 radical (unpaired) electrons. The van der Waals surface area contributed by atoms with Crippen molar-refractivity contribution in [2.24, 2.45) is 29.4 Å². The van der Waals surface area contributed by atoms with Gasteiger partial charge in [0.15, 0.2) is 6.10 Å². The molecule has 10 atom stereocenters. The Morgan fingerprint density at radius 1 is 0.800 bits per heavy atom. The Hall–Kier alpha value is -4.86. The minimum Gasteiger partial charge on any atom is -0.449 e. The van der Waals surface area contributed by atoms with Gasteiger partial charge in [0.05, 0.1) is 6.54 Å². The highest BCUT2D eigenvalue weighted by molar-refractivity contribution is 5.96. The van der Waals surface area contributed by atoms with Crippen LogP contribution in [0.2, 0.25) is 0 Å². The van der Waals surface area contributed by atoms with E-state index >= 15 is 0 Å². The minimum absolute atomic E-state index is 0.00807. The highest BCUT2D eigenvalue weighted by Crippen LogP contribution is 2.22. The molecule has 1 heterocycles.